The number of fused-ring (bicyclic) bond motifs is 6. The molecule has 5 heterocycles. The zero-order valence-corrected chi connectivity index (χ0v) is 35.9. The highest BCUT2D eigenvalue weighted by Crippen LogP contribution is 2.40. The Balaban J connectivity index is 0.778. The smallest absolute Gasteiger partial charge is 0.222 e. The lowest BCUT2D eigenvalue weighted by molar-refractivity contribution is -0.121. The van der Waals surface area contributed by atoms with Crippen molar-refractivity contribution in [3.63, 3.8) is 0 Å². The minimum Gasteiger partial charge on any atom is -0.378 e. The van der Waals surface area contributed by atoms with Gasteiger partial charge in [0.2, 0.25) is 5.91 Å². The maximum absolute atomic E-state index is 13.3. The van der Waals surface area contributed by atoms with Crippen molar-refractivity contribution < 1.29 is 14.3 Å². The molecular formula is C45H48ClN7O3S2. The maximum atomic E-state index is 13.3. The minimum atomic E-state index is -0.519. The summed E-state index contributed by atoms with van der Waals surface area (Å²) in [7, 11) is 0. The first-order valence-electron chi connectivity index (χ1n) is 19.8. The van der Waals surface area contributed by atoms with Gasteiger partial charge in [-0.3, -0.25) is 14.4 Å². The second-order valence-electron chi connectivity index (χ2n) is 14.7. The minimum absolute atomic E-state index is 0.130. The third-order valence-electron chi connectivity index (χ3n) is 10.7. The van der Waals surface area contributed by atoms with Crippen LogP contribution in [0.2, 0.25) is 5.02 Å². The van der Waals surface area contributed by atoms with Gasteiger partial charge in [0.15, 0.2) is 5.82 Å². The number of hydrogen-bond donors (Lipinski definition) is 2. The van der Waals surface area contributed by atoms with Gasteiger partial charge in [0.25, 0.3) is 0 Å². The molecule has 1 atom stereocenters. The van der Waals surface area contributed by atoms with Crippen molar-refractivity contribution in [1.29, 1.82) is 0 Å². The van der Waals surface area contributed by atoms with Crippen molar-refractivity contribution in [3.8, 4) is 15.4 Å². The number of aryl methyl sites for hydroxylation is 4. The van der Waals surface area contributed by atoms with Crippen LogP contribution < -0.4 is 10.6 Å². The highest BCUT2D eigenvalue weighted by atomic mass is 35.5. The molecule has 0 aliphatic carbocycles. The van der Waals surface area contributed by atoms with Crippen molar-refractivity contribution in [2.24, 2.45) is 4.99 Å². The van der Waals surface area contributed by atoms with Gasteiger partial charge in [0.05, 0.1) is 38.6 Å². The Bertz CT molecular complexity index is 2620. The van der Waals surface area contributed by atoms with Crippen LogP contribution in [0.15, 0.2) is 77.1 Å². The second-order valence-corrected chi connectivity index (χ2v) is 17.2. The lowest BCUT2D eigenvalue weighted by atomic mass is 9.99. The molecule has 3 aromatic carbocycles. The van der Waals surface area contributed by atoms with Gasteiger partial charge in [-0.2, -0.15) is 0 Å². The summed E-state index contributed by atoms with van der Waals surface area (Å²) in [5.74, 6) is 1.28. The van der Waals surface area contributed by atoms with Crippen LogP contribution in [0.4, 0.5) is 0 Å². The Morgan fingerprint density at radius 2 is 1.64 bits per heavy atom. The molecule has 0 fully saturated rings. The Kier molecular flexibility index (Phi) is 12.2. The monoisotopic (exact) mass is 833 g/mol. The largest absolute Gasteiger partial charge is 0.378 e. The average Bonchev–Trinajstić information content (AvgIpc) is 3.96. The number of ether oxygens (including phenoxy) is 2. The first-order chi connectivity index (χ1) is 28.2. The quantitative estimate of drug-likeness (QED) is 0.0941. The molecule has 8 rings (SSSR count). The predicted molar refractivity (Wildman–Crippen MR) is 237 cm³/mol. The fourth-order valence-electron chi connectivity index (χ4n) is 7.68. The molecule has 0 saturated carbocycles. The standard InChI is InChI=1S/C45H48ClN7O3S2/c1-6-52-38-14-7-31(22-36(38)35-13-10-33(23-39(35)52)40-21-27(2)26-57-40)25-47-15-17-55-19-20-56-18-16-48-41(54)24-37-44-51-50-30(5)53(44)45-42(28(3)29(4)58-45)43(49-37)32-8-11-34(46)12-9-32/h7-14,21-23,26,37,47H,6,15-20,24-25H2,1-5H3,(H,48,54)/t37-/m0/s1. The molecule has 0 radical (unpaired) electrons. The molecule has 0 spiro atoms. The first-order valence-corrected chi connectivity index (χ1v) is 21.9. The molecule has 10 nitrogen and oxygen atoms in total. The van der Waals surface area contributed by atoms with E-state index in [0.717, 1.165) is 52.9 Å². The van der Waals surface area contributed by atoms with Gasteiger partial charge in [-0.05, 0) is 98.7 Å². The van der Waals surface area contributed by atoms with Gasteiger partial charge in [-0.1, -0.05) is 41.9 Å². The van der Waals surface area contributed by atoms with E-state index in [1.54, 1.807) is 22.7 Å². The number of nitrogens with zero attached hydrogens (tertiary/aromatic N) is 5. The lowest BCUT2D eigenvalue weighted by Gasteiger charge is -2.13. The number of aliphatic imine (C=N–C) groups is 1. The number of amides is 1. The van der Waals surface area contributed by atoms with Crippen LogP contribution in [-0.2, 0) is 27.4 Å². The fraction of sp³-hybridized carbons (Fsp3) is 0.333. The number of nitrogens with one attached hydrogen (secondary N) is 2. The second kappa shape index (κ2) is 17.7. The third kappa shape index (κ3) is 8.27. The van der Waals surface area contributed by atoms with Gasteiger partial charge in [-0.25, -0.2) is 0 Å². The summed E-state index contributed by atoms with van der Waals surface area (Å²) in [5.41, 5.74) is 10.3. The topological polar surface area (TPSA) is 108 Å². The summed E-state index contributed by atoms with van der Waals surface area (Å²) in [5, 5.41) is 21.9. The normalized spacial score (nSPS) is 13.8. The molecule has 1 aliphatic heterocycles. The Morgan fingerprint density at radius 1 is 0.862 bits per heavy atom. The molecule has 58 heavy (non-hydrogen) atoms. The number of thiophene rings is 2. The van der Waals surface area contributed by atoms with Gasteiger partial charge in [0, 0.05) is 73.9 Å². The summed E-state index contributed by atoms with van der Waals surface area (Å²) < 4.78 is 16.0. The Hall–Kier alpha value is -4.69. The lowest BCUT2D eigenvalue weighted by Crippen LogP contribution is -2.29. The molecule has 2 N–H and O–H groups in total. The highest BCUT2D eigenvalue weighted by Gasteiger charge is 2.32. The van der Waals surface area contributed by atoms with Crippen molar-refractivity contribution in [3.05, 3.63) is 121 Å². The highest BCUT2D eigenvalue weighted by molar-refractivity contribution is 7.15. The van der Waals surface area contributed by atoms with E-state index in [2.05, 4.69) is 106 Å². The van der Waals surface area contributed by atoms with E-state index in [9.17, 15) is 4.79 Å². The molecule has 0 bridgehead atoms. The number of carbonyl (C=O) groups excluding carboxylic acids is 1. The zero-order valence-electron chi connectivity index (χ0n) is 33.5. The van der Waals surface area contributed by atoms with Gasteiger partial charge in [-0.15, -0.1) is 32.9 Å². The van der Waals surface area contributed by atoms with Crippen LogP contribution in [0.1, 0.15) is 63.7 Å². The van der Waals surface area contributed by atoms with Crippen molar-refractivity contribution >= 4 is 67.7 Å². The number of benzene rings is 3. The molecule has 7 aromatic rings. The maximum Gasteiger partial charge on any atom is 0.222 e. The molecule has 0 saturated heterocycles. The van der Waals surface area contributed by atoms with Crippen molar-refractivity contribution in [1.82, 2.24) is 30.0 Å². The predicted octanol–water partition coefficient (Wildman–Crippen LogP) is 9.29. The van der Waals surface area contributed by atoms with E-state index in [4.69, 9.17) is 26.1 Å². The van der Waals surface area contributed by atoms with Gasteiger partial charge >= 0.3 is 0 Å². The number of halogens is 1. The van der Waals surface area contributed by atoms with Crippen LogP contribution in [0.5, 0.6) is 0 Å². The molecular weight excluding hydrogens is 786 g/mol. The number of carbonyl (C=O) groups is 1. The third-order valence-corrected chi connectivity index (χ3v) is 13.2. The van der Waals surface area contributed by atoms with Gasteiger partial charge < -0.3 is 24.7 Å². The first kappa shape index (κ1) is 40.1. The van der Waals surface area contributed by atoms with E-state index in [-0.39, 0.29) is 12.3 Å². The fourth-order valence-corrected chi connectivity index (χ4v) is 9.91. The summed E-state index contributed by atoms with van der Waals surface area (Å²) in [4.78, 5) is 20.9. The number of hydrogen-bond acceptors (Lipinski definition) is 9. The summed E-state index contributed by atoms with van der Waals surface area (Å²) in [6.45, 7) is 15.2. The Morgan fingerprint density at radius 3 is 2.40 bits per heavy atom. The van der Waals surface area contributed by atoms with Crippen molar-refractivity contribution in [2.45, 2.75) is 60.2 Å². The molecule has 13 heteroatoms. The van der Waals surface area contributed by atoms with Crippen molar-refractivity contribution in [2.75, 3.05) is 39.5 Å². The van der Waals surface area contributed by atoms with Gasteiger partial charge in [0.1, 0.15) is 16.9 Å². The SMILES string of the molecule is CCn1c2ccc(CNCCOCCOCCNC(=O)C[C@@H]3N=C(c4ccc(Cl)cc4)c4c(sc(C)c4C)-n4c(C)nnc43)cc2c2ccc(-c3cc(C)cs3)cc21. The van der Waals surface area contributed by atoms with Crippen LogP contribution in [-0.4, -0.2) is 70.5 Å². The molecule has 0 unspecified atom stereocenters. The molecule has 300 valence electrons. The number of rotatable bonds is 16. The van der Waals surface area contributed by atoms with E-state index < -0.39 is 6.04 Å². The van der Waals surface area contributed by atoms with E-state index in [1.165, 1.54) is 48.3 Å². The molecule has 1 aliphatic rings. The summed E-state index contributed by atoms with van der Waals surface area (Å²) in [6.07, 6.45) is 0.130. The van der Waals surface area contributed by atoms with Crippen LogP contribution in [0, 0.1) is 27.7 Å². The van der Waals surface area contributed by atoms with Crippen LogP contribution >= 0.6 is 34.3 Å². The Labute approximate surface area is 351 Å². The van der Waals surface area contributed by atoms with Crippen LogP contribution in [0.25, 0.3) is 37.2 Å². The zero-order chi connectivity index (χ0) is 40.3. The molecule has 4 aromatic heterocycles. The summed E-state index contributed by atoms with van der Waals surface area (Å²) >= 11 is 9.73. The van der Waals surface area contributed by atoms with Crippen LogP contribution in [0.3, 0.4) is 0 Å². The average molecular weight is 835 g/mol. The van der Waals surface area contributed by atoms with E-state index >= 15 is 0 Å². The summed E-state index contributed by atoms with van der Waals surface area (Å²) in [6, 6.07) is 23.1. The van der Waals surface area contributed by atoms with E-state index in [1.807, 2.05) is 31.2 Å². The number of aromatic nitrogens is 4. The van der Waals surface area contributed by atoms with E-state index in [0.29, 0.717) is 43.8 Å². The molecule has 1 amide bonds.